The van der Waals surface area contributed by atoms with Crippen LogP contribution < -0.4 is 9.80 Å². The van der Waals surface area contributed by atoms with Crippen molar-refractivity contribution in [1.29, 1.82) is 0 Å². The summed E-state index contributed by atoms with van der Waals surface area (Å²) < 4.78 is 0. The molecule has 4 heterocycles. The van der Waals surface area contributed by atoms with Crippen LogP contribution in [0.15, 0.2) is 170 Å². The third-order valence-corrected chi connectivity index (χ3v) is 34.0. The van der Waals surface area contributed by atoms with Gasteiger partial charge in [-0.3, -0.25) is 48.2 Å². The van der Waals surface area contributed by atoms with E-state index in [2.05, 4.69) is 83.7 Å². The van der Waals surface area contributed by atoms with Crippen molar-refractivity contribution in [2.75, 3.05) is 9.80 Å². The number of benzene rings is 14. The van der Waals surface area contributed by atoms with Crippen molar-refractivity contribution in [3.05, 3.63) is 248 Å². The number of hydrogen-bond donors (Lipinski definition) is 0. The molecule has 0 atom stereocenters. The quantitative estimate of drug-likeness (QED) is 0.0120. The fourth-order valence-electron chi connectivity index (χ4n) is 26.0. The Morgan fingerprint density at radius 1 is 0.231 bits per heavy atom. The molecule has 12 nitrogen and oxygen atoms in total. The molecule has 762 valence electrons. The molecule has 5 aliphatic rings. The minimum absolute atomic E-state index is 0.190. The highest BCUT2D eigenvalue weighted by molar-refractivity contribution is 6.46. The predicted molar refractivity (Wildman–Crippen MR) is 611 cm³/mol. The lowest BCUT2D eigenvalue weighted by molar-refractivity contribution is 0.0501. The molecule has 0 aromatic heterocycles. The molecule has 1 aliphatic carbocycles. The van der Waals surface area contributed by atoms with Crippen LogP contribution in [0.5, 0.6) is 0 Å². The number of imide groups is 4. The van der Waals surface area contributed by atoms with Gasteiger partial charge in [0.05, 0.1) is 11.4 Å². The van der Waals surface area contributed by atoms with Gasteiger partial charge >= 0.3 is 0 Å². The Balaban J connectivity index is 0.614. The van der Waals surface area contributed by atoms with Gasteiger partial charge in [0.1, 0.15) is 0 Å². The number of fused-ring (bicyclic) bond motifs is 5. The minimum atomic E-state index is -0.438. The lowest BCUT2D eigenvalue weighted by atomic mass is 9.82. The molecule has 19 rings (SSSR count). The maximum absolute atomic E-state index is 15.9. The Morgan fingerprint density at radius 3 is 0.823 bits per heavy atom. The van der Waals surface area contributed by atoms with Crippen molar-refractivity contribution in [3.8, 4) is 34.1 Å². The zero-order valence-electron chi connectivity index (χ0n) is 88.9. The second kappa shape index (κ2) is 48.4. The molecule has 0 bridgehead atoms. The SMILES string of the molecule is CCCCCCCCCCCC(CCCCCCCCCCC)N1C(=O)c2ccc3c4ccc5c6c(ccc(c7ccc(c2c37)C1=O)c64)C(=O)N(c1cccc(C#Cc2cc(CCCCCC)c(CCCCCC)cc2-c2cc3c(cc2-c2cccc(N4C(=O)c6ccc7c8ccc9c%10c(ccc(c%11ccc(c6c7%11)C4=O)c%108)C(=O)N(C(CCCCCCCCCCC)CCCCCCCCCCC)C9=O)c2)CCC3)c1)C5=O. The fourth-order valence-corrected chi connectivity index (χ4v) is 26.0. The first-order valence-electron chi connectivity index (χ1n) is 58.2. The van der Waals surface area contributed by atoms with E-state index in [0.29, 0.717) is 83.0 Å². The van der Waals surface area contributed by atoms with Crippen molar-refractivity contribution in [3.63, 3.8) is 0 Å². The van der Waals surface area contributed by atoms with Gasteiger partial charge in [0.2, 0.25) is 0 Å². The molecule has 4 aliphatic heterocycles. The fraction of sp³-hybridized carbons (Fsp3) is 0.452. The lowest BCUT2D eigenvalue weighted by Crippen LogP contribution is -2.47. The van der Waals surface area contributed by atoms with Crippen molar-refractivity contribution in [2.24, 2.45) is 0 Å². The molecular formula is C135H154N4O8. The van der Waals surface area contributed by atoms with Crippen LogP contribution in [0, 0.1) is 11.8 Å². The van der Waals surface area contributed by atoms with Crippen LogP contribution in [0.4, 0.5) is 11.4 Å². The number of unbranched alkanes of at least 4 members (excludes halogenated alkanes) is 38. The average molecular weight is 1960 g/mol. The highest BCUT2D eigenvalue weighted by atomic mass is 16.2. The van der Waals surface area contributed by atoms with E-state index in [-0.39, 0.29) is 35.7 Å². The Morgan fingerprint density at radius 2 is 0.503 bits per heavy atom. The van der Waals surface area contributed by atoms with Crippen LogP contribution >= 0.6 is 0 Å². The molecule has 0 N–H and O–H groups in total. The number of anilines is 2. The standard InChI is InChI=1S/C135H154N4O8/c1-7-13-19-25-29-33-37-41-47-60-97(61-48-42-38-34-30-26-20-14-8-2)136-128(140)109-76-68-101-105-72-80-113-126-114(81-73-106(122(105)126)102-69-77-110(129(136)141)124(109)120(101)102)133(145)138(132(113)144)99-64-51-54-90(84-99)66-67-96-85-91(55-45-23-17-11-5)92(56-46-24-18-12-6)87-118(96)119-89-94-58-52-57-93(94)88-117(119)95-59-53-65-100(86-95)139-134(146)115-82-74-107-103-70-78-111-125-112(79-71-104(121(103)125)108-75-83-116(135(139)147)127(115)123(107)108)131(143)137(130(111)142)98(62-49-43-39-35-31-27-21-15-9-3)63-50-44-40-36-32-28-22-16-10-4/h51,53-54,59,64-65,68-89,97-98H,7-50,52,55-58,60-63H2,1-6H3. The second-order valence-electron chi connectivity index (χ2n) is 44.1. The van der Waals surface area contributed by atoms with E-state index in [0.717, 1.165) is 253 Å². The van der Waals surface area contributed by atoms with Gasteiger partial charge in [-0.1, -0.05) is 402 Å². The number of nitrogens with zero attached hydrogens (tertiary/aromatic N) is 4. The van der Waals surface area contributed by atoms with Crippen molar-refractivity contribution < 1.29 is 38.4 Å². The van der Waals surface area contributed by atoms with Crippen LogP contribution in [0.25, 0.3) is 108 Å². The summed E-state index contributed by atoms with van der Waals surface area (Å²) in [6, 6.07) is 55.8. The van der Waals surface area contributed by atoms with E-state index >= 15 is 38.4 Å². The van der Waals surface area contributed by atoms with Crippen LogP contribution in [-0.4, -0.2) is 69.1 Å². The molecular weight excluding hydrogens is 1810 g/mol. The summed E-state index contributed by atoms with van der Waals surface area (Å²) in [5.41, 5.74) is 15.2. The second-order valence-corrected chi connectivity index (χ2v) is 44.1. The van der Waals surface area contributed by atoms with E-state index in [1.807, 2.05) is 140 Å². The molecule has 14 aromatic carbocycles. The number of carbonyl (C=O) groups is 8. The molecule has 0 fully saturated rings. The van der Waals surface area contributed by atoms with Crippen molar-refractivity contribution >= 4 is 145 Å². The Kier molecular flexibility index (Phi) is 34.0. The average Bonchev–Trinajstić information content (AvgIpc) is 1.37. The van der Waals surface area contributed by atoms with Gasteiger partial charge in [-0.05, 0) is 271 Å². The molecule has 0 radical (unpaired) electrons. The Hall–Kier alpha value is -12.2. The van der Waals surface area contributed by atoms with Crippen LogP contribution in [0.1, 0.15) is 472 Å². The number of carbonyl (C=O) groups excluding carboxylic acids is 8. The van der Waals surface area contributed by atoms with E-state index in [4.69, 9.17) is 0 Å². The Bertz CT molecular complexity index is 7030. The first kappa shape index (κ1) is 103. The molecule has 147 heavy (non-hydrogen) atoms. The van der Waals surface area contributed by atoms with E-state index in [1.54, 1.807) is 9.80 Å². The zero-order valence-corrected chi connectivity index (χ0v) is 88.9. The predicted octanol–water partition coefficient (Wildman–Crippen LogP) is 36.5. The monoisotopic (exact) mass is 1960 g/mol. The summed E-state index contributed by atoms with van der Waals surface area (Å²) in [5, 5.41) is 12.7. The smallest absolute Gasteiger partial charge is 0.265 e. The summed E-state index contributed by atoms with van der Waals surface area (Å²) in [6.45, 7) is 13.6. The van der Waals surface area contributed by atoms with Gasteiger partial charge in [0.25, 0.3) is 47.3 Å². The first-order chi connectivity index (χ1) is 72.2. The first-order valence-corrected chi connectivity index (χ1v) is 58.2. The molecule has 0 spiro atoms. The topological polar surface area (TPSA) is 150 Å². The number of amides is 8. The maximum atomic E-state index is 15.9. The van der Waals surface area contributed by atoms with Crippen LogP contribution in [0.2, 0.25) is 0 Å². The van der Waals surface area contributed by atoms with E-state index in [9.17, 15) is 0 Å². The summed E-state index contributed by atoms with van der Waals surface area (Å²) in [4.78, 5) is 130. The van der Waals surface area contributed by atoms with Gasteiger partial charge in [-0.15, -0.1) is 0 Å². The summed E-state index contributed by atoms with van der Waals surface area (Å²) in [6.07, 6.45) is 60.1. The van der Waals surface area contributed by atoms with Gasteiger partial charge in [-0.2, -0.15) is 0 Å². The maximum Gasteiger partial charge on any atom is 0.265 e. The molecule has 14 aromatic rings. The number of hydrogen-bond acceptors (Lipinski definition) is 8. The van der Waals surface area contributed by atoms with Gasteiger partial charge < -0.3 is 0 Å². The lowest BCUT2D eigenvalue weighted by Gasteiger charge is -2.35. The third-order valence-electron chi connectivity index (χ3n) is 34.0. The summed E-state index contributed by atoms with van der Waals surface area (Å²) in [7, 11) is 0. The molecule has 0 unspecified atom stereocenters. The van der Waals surface area contributed by atoms with Gasteiger partial charge in [0, 0.05) is 89.3 Å². The molecule has 8 amide bonds. The van der Waals surface area contributed by atoms with E-state index < -0.39 is 23.6 Å². The highest BCUT2D eigenvalue weighted by Gasteiger charge is 2.44. The van der Waals surface area contributed by atoms with Crippen molar-refractivity contribution in [1.82, 2.24) is 9.80 Å². The largest absolute Gasteiger partial charge is 0.271 e. The van der Waals surface area contributed by atoms with Gasteiger partial charge in [-0.25, -0.2) is 9.80 Å². The molecule has 0 saturated heterocycles. The number of aryl methyl sites for hydroxylation is 4. The molecule has 12 heteroatoms. The van der Waals surface area contributed by atoms with Crippen molar-refractivity contribution in [2.45, 2.75) is 394 Å². The minimum Gasteiger partial charge on any atom is -0.271 e. The van der Waals surface area contributed by atoms with E-state index in [1.165, 1.54) is 212 Å². The summed E-state index contributed by atoms with van der Waals surface area (Å²) >= 11 is 0. The van der Waals surface area contributed by atoms with Crippen LogP contribution in [0.3, 0.4) is 0 Å². The molecule has 0 saturated carbocycles. The van der Waals surface area contributed by atoms with Gasteiger partial charge in [0.15, 0.2) is 0 Å². The highest BCUT2D eigenvalue weighted by Crippen LogP contribution is 2.52. The normalized spacial score (nSPS) is 14.1. The zero-order chi connectivity index (χ0) is 102. The van der Waals surface area contributed by atoms with Crippen LogP contribution in [-0.2, 0) is 25.7 Å². The number of rotatable bonds is 56. The Labute approximate surface area is 872 Å². The summed E-state index contributed by atoms with van der Waals surface area (Å²) in [5.74, 6) is 4.82. The third kappa shape index (κ3) is 21.2.